The van der Waals surface area contributed by atoms with Crippen molar-refractivity contribution in [2.45, 2.75) is 0 Å². The van der Waals surface area contributed by atoms with E-state index in [0.29, 0.717) is 0 Å². The van der Waals surface area contributed by atoms with Crippen molar-refractivity contribution in [3.63, 3.8) is 0 Å². The summed E-state index contributed by atoms with van der Waals surface area (Å²) in [5.74, 6) is 3.48. The zero-order valence-electron chi connectivity index (χ0n) is 27.6. The highest BCUT2D eigenvalue weighted by atomic mass is 16.5. The van der Waals surface area contributed by atoms with Crippen molar-refractivity contribution in [1.82, 2.24) is 0 Å². The van der Waals surface area contributed by atoms with E-state index in [1.54, 1.807) is 0 Å². The maximum absolute atomic E-state index is 6.69. The first-order chi connectivity index (χ1) is 25.3. The highest BCUT2D eigenvalue weighted by molar-refractivity contribution is 6.98. The molecule has 0 unspecified atom stereocenters. The van der Waals surface area contributed by atoms with Crippen molar-refractivity contribution in [3.05, 3.63) is 176 Å². The third-order valence-corrected chi connectivity index (χ3v) is 10.8. The normalized spacial score (nSPS) is 12.6. The molecule has 11 rings (SSSR count). The van der Waals surface area contributed by atoms with Gasteiger partial charge >= 0.3 is 0 Å². The van der Waals surface area contributed by atoms with Gasteiger partial charge in [-0.25, -0.2) is 0 Å². The lowest BCUT2D eigenvalue weighted by molar-refractivity contribution is 0.465. The van der Waals surface area contributed by atoms with E-state index in [0.717, 1.165) is 39.6 Å². The standard InChI is InChI=1S/C48H29BO2/c1-2-14-30(15-3-1)38-28-40-37-21-9-8-20-36(37)39(29-41(40)35-19-7-6-18-34(35)38)33-17-5-4-16-32(33)31-26-46-48-47(27-31)51-45-25-13-11-23-43(45)49(48)42-22-10-12-24-44(42)50-46/h1-29H. The molecule has 0 bridgehead atoms. The Balaban J connectivity index is 1.16. The zero-order valence-corrected chi connectivity index (χ0v) is 27.6. The Labute approximate surface area is 296 Å². The van der Waals surface area contributed by atoms with Gasteiger partial charge in [-0.2, -0.15) is 0 Å². The SMILES string of the molecule is c1ccc(-c2cc3c4ccccc4c(-c4ccccc4-c4cc5c6c(c4)Oc4ccccc4B6c4ccccc4O5)cc3c3ccccc23)cc1. The first-order valence-corrected chi connectivity index (χ1v) is 17.5. The molecule has 2 heterocycles. The number of para-hydroxylation sites is 2. The first kappa shape index (κ1) is 28.3. The minimum Gasteiger partial charge on any atom is -0.458 e. The molecule has 0 atom stereocenters. The van der Waals surface area contributed by atoms with Gasteiger partial charge in [-0.05, 0) is 113 Å². The van der Waals surface area contributed by atoms with Crippen LogP contribution in [0.15, 0.2) is 176 Å². The summed E-state index contributed by atoms with van der Waals surface area (Å²) < 4.78 is 13.4. The summed E-state index contributed by atoms with van der Waals surface area (Å²) in [6, 6.07) is 63.2. The van der Waals surface area contributed by atoms with Crippen LogP contribution in [0.25, 0.3) is 65.7 Å². The second-order valence-electron chi connectivity index (χ2n) is 13.5. The zero-order chi connectivity index (χ0) is 33.5. The van der Waals surface area contributed by atoms with Gasteiger partial charge in [0.05, 0.1) is 0 Å². The van der Waals surface area contributed by atoms with E-state index in [2.05, 4.69) is 164 Å². The van der Waals surface area contributed by atoms with Crippen LogP contribution in [-0.2, 0) is 0 Å². The predicted molar refractivity (Wildman–Crippen MR) is 213 cm³/mol. The van der Waals surface area contributed by atoms with E-state index in [1.165, 1.54) is 65.5 Å². The molecule has 2 aliphatic rings. The summed E-state index contributed by atoms with van der Waals surface area (Å²) >= 11 is 0. The van der Waals surface area contributed by atoms with Crippen LogP contribution in [0.2, 0.25) is 0 Å². The summed E-state index contributed by atoms with van der Waals surface area (Å²) in [4.78, 5) is 0. The van der Waals surface area contributed by atoms with Crippen LogP contribution in [0.1, 0.15) is 0 Å². The quantitative estimate of drug-likeness (QED) is 0.140. The van der Waals surface area contributed by atoms with Crippen LogP contribution in [0, 0.1) is 0 Å². The molecule has 2 nitrogen and oxygen atoms in total. The Morgan fingerprint density at radius 2 is 0.765 bits per heavy atom. The van der Waals surface area contributed by atoms with Gasteiger partial charge in [0.25, 0.3) is 6.71 Å². The highest BCUT2D eigenvalue weighted by Gasteiger charge is 2.40. The largest absolute Gasteiger partial charge is 0.458 e. The fourth-order valence-electron chi connectivity index (χ4n) is 8.55. The van der Waals surface area contributed by atoms with Crippen LogP contribution >= 0.6 is 0 Å². The maximum atomic E-state index is 6.69. The Morgan fingerprint density at radius 1 is 0.294 bits per heavy atom. The van der Waals surface area contributed by atoms with Gasteiger partial charge in [-0.1, -0.05) is 140 Å². The molecule has 0 saturated heterocycles. The molecule has 0 radical (unpaired) electrons. The van der Waals surface area contributed by atoms with Gasteiger partial charge in [0.15, 0.2) is 0 Å². The molecule has 0 fully saturated rings. The molecular formula is C48H29BO2. The number of hydrogen-bond acceptors (Lipinski definition) is 2. The highest BCUT2D eigenvalue weighted by Crippen LogP contribution is 2.45. The second-order valence-corrected chi connectivity index (χ2v) is 13.5. The molecule has 9 aromatic rings. The third-order valence-electron chi connectivity index (χ3n) is 10.8. The summed E-state index contributed by atoms with van der Waals surface area (Å²) in [6.07, 6.45) is 0. The topological polar surface area (TPSA) is 18.5 Å². The fourth-order valence-corrected chi connectivity index (χ4v) is 8.55. The van der Waals surface area contributed by atoms with Crippen molar-refractivity contribution >= 4 is 55.4 Å². The van der Waals surface area contributed by atoms with Gasteiger partial charge in [0, 0.05) is 5.46 Å². The molecule has 51 heavy (non-hydrogen) atoms. The summed E-state index contributed by atoms with van der Waals surface area (Å²) in [5.41, 5.74) is 10.5. The van der Waals surface area contributed by atoms with E-state index < -0.39 is 0 Å². The first-order valence-electron chi connectivity index (χ1n) is 17.5. The van der Waals surface area contributed by atoms with Crippen molar-refractivity contribution in [1.29, 1.82) is 0 Å². The number of ether oxygens (including phenoxy) is 2. The van der Waals surface area contributed by atoms with Gasteiger partial charge in [0.1, 0.15) is 23.0 Å². The molecule has 0 amide bonds. The Kier molecular flexibility index (Phi) is 6.08. The Hall–Kier alpha value is -6.58. The lowest BCUT2D eigenvalue weighted by atomic mass is 9.35. The average molecular weight is 649 g/mol. The lowest BCUT2D eigenvalue weighted by Gasteiger charge is -2.33. The molecule has 0 N–H and O–H groups in total. The monoisotopic (exact) mass is 648 g/mol. The number of hydrogen-bond donors (Lipinski definition) is 0. The minimum absolute atomic E-state index is 0.0488. The average Bonchev–Trinajstić information content (AvgIpc) is 3.20. The smallest absolute Gasteiger partial charge is 0.260 e. The van der Waals surface area contributed by atoms with E-state index in [4.69, 9.17) is 9.47 Å². The van der Waals surface area contributed by atoms with Gasteiger partial charge < -0.3 is 9.47 Å². The number of fused-ring (bicyclic) bond motifs is 9. The second kappa shape index (κ2) is 11.0. The molecule has 2 aliphatic heterocycles. The van der Waals surface area contributed by atoms with Crippen molar-refractivity contribution in [2.75, 3.05) is 0 Å². The van der Waals surface area contributed by atoms with E-state index in [1.807, 2.05) is 12.1 Å². The van der Waals surface area contributed by atoms with E-state index in [9.17, 15) is 0 Å². The number of benzene rings is 9. The molecule has 0 saturated carbocycles. The van der Waals surface area contributed by atoms with Gasteiger partial charge in [0.2, 0.25) is 0 Å². The molecule has 9 aromatic carbocycles. The van der Waals surface area contributed by atoms with Gasteiger partial charge in [-0.15, -0.1) is 0 Å². The lowest BCUT2D eigenvalue weighted by Crippen LogP contribution is -2.57. The molecule has 236 valence electrons. The summed E-state index contributed by atoms with van der Waals surface area (Å²) in [7, 11) is 0. The van der Waals surface area contributed by atoms with Crippen LogP contribution in [-0.4, -0.2) is 6.71 Å². The molecule has 0 spiro atoms. The van der Waals surface area contributed by atoms with Crippen molar-refractivity contribution < 1.29 is 9.47 Å². The van der Waals surface area contributed by atoms with Crippen LogP contribution in [0.3, 0.4) is 0 Å². The van der Waals surface area contributed by atoms with Crippen LogP contribution in [0.4, 0.5) is 0 Å². The van der Waals surface area contributed by atoms with Crippen LogP contribution < -0.4 is 25.9 Å². The number of rotatable bonds is 3. The Morgan fingerprint density at radius 3 is 1.39 bits per heavy atom. The molecular weight excluding hydrogens is 619 g/mol. The summed E-state index contributed by atoms with van der Waals surface area (Å²) in [6.45, 7) is 0.0488. The maximum Gasteiger partial charge on any atom is 0.260 e. The van der Waals surface area contributed by atoms with Gasteiger partial charge in [-0.3, -0.25) is 0 Å². The third kappa shape index (κ3) is 4.25. The van der Waals surface area contributed by atoms with Crippen molar-refractivity contribution in [2.24, 2.45) is 0 Å². The van der Waals surface area contributed by atoms with Crippen LogP contribution in [0.5, 0.6) is 23.0 Å². The van der Waals surface area contributed by atoms with E-state index >= 15 is 0 Å². The predicted octanol–water partition coefficient (Wildman–Crippen LogP) is 10.9. The van der Waals surface area contributed by atoms with Crippen molar-refractivity contribution in [3.8, 4) is 56.4 Å². The fraction of sp³-hybridized carbons (Fsp3) is 0. The molecule has 0 aliphatic carbocycles. The summed E-state index contributed by atoms with van der Waals surface area (Å²) in [5, 5.41) is 7.47. The minimum atomic E-state index is 0.0488. The van der Waals surface area contributed by atoms with E-state index in [-0.39, 0.29) is 6.71 Å². The Bertz CT molecular complexity index is 2800. The molecule has 0 aromatic heterocycles. The molecule has 3 heteroatoms.